The molecule has 0 aliphatic carbocycles. The number of thiazole rings is 1. The molecule has 39 heavy (non-hydrogen) atoms. The van der Waals surface area contributed by atoms with E-state index in [1.54, 1.807) is 40.1 Å². The number of carbonyl (C=O) groups is 1. The molecule has 3 heterocycles. The Morgan fingerprint density at radius 2 is 1.74 bits per heavy atom. The van der Waals surface area contributed by atoms with E-state index in [4.69, 9.17) is 9.47 Å². The van der Waals surface area contributed by atoms with Crippen molar-refractivity contribution >= 4 is 50.2 Å². The van der Waals surface area contributed by atoms with E-state index in [2.05, 4.69) is 35.6 Å². The number of fused-ring (bicyclic) bond motifs is 2. The molecule has 0 fully saturated rings. The minimum absolute atomic E-state index is 0.0422. The van der Waals surface area contributed by atoms with Gasteiger partial charge in [-0.1, -0.05) is 0 Å². The lowest BCUT2D eigenvalue weighted by molar-refractivity contribution is 0.0402. The van der Waals surface area contributed by atoms with E-state index in [-0.39, 0.29) is 5.75 Å². The zero-order valence-corrected chi connectivity index (χ0v) is 22.8. The van der Waals surface area contributed by atoms with Crippen LogP contribution in [-0.4, -0.2) is 50.3 Å². The number of ether oxygens (including phenoxy) is 2. The second-order valence-electron chi connectivity index (χ2n) is 9.03. The first-order valence-electron chi connectivity index (χ1n) is 12.2. The second-order valence-corrected chi connectivity index (χ2v) is 10.1. The molecule has 2 aromatic carbocycles. The molecule has 5 aromatic rings. The molecule has 3 aromatic heterocycles. The Morgan fingerprint density at radius 1 is 0.974 bits per heavy atom. The van der Waals surface area contributed by atoms with Gasteiger partial charge < -0.3 is 14.8 Å². The van der Waals surface area contributed by atoms with E-state index >= 15 is 4.39 Å². The van der Waals surface area contributed by atoms with Crippen LogP contribution in [0.25, 0.3) is 31.8 Å². The summed E-state index contributed by atoms with van der Waals surface area (Å²) in [6.07, 6.45) is 2.62. The standard InChI is InChI=1S/C27H26FN7O3S/c1-13-6-18(25-21(7-13)34-24(29-5)12-32-25)26-35-20-8-19(28)22(9-23(20)39-26)37-14(2)15(3)38-27(36)33-17-10-30-16(4)31-11-17/h6-12,14-15H,1-5H3,(H,29,34)(H,33,36)/t14-,15+/m0/s1. The van der Waals surface area contributed by atoms with E-state index in [1.165, 1.54) is 29.8 Å². The van der Waals surface area contributed by atoms with Crippen molar-refractivity contribution in [3.63, 3.8) is 0 Å². The highest BCUT2D eigenvalue weighted by atomic mass is 32.1. The molecule has 10 nitrogen and oxygen atoms in total. The monoisotopic (exact) mass is 547 g/mol. The minimum Gasteiger partial charge on any atom is -0.484 e. The molecule has 0 aliphatic heterocycles. The summed E-state index contributed by atoms with van der Waals surface area (Å²) >= 11 is 1.41. The van der Waals surface area contributed by atoms with Crippen molar-refractivity contribution in [2.24, 2.45) is 0 Å². The zero-order valence-electron chi connectivity index (χ0n) is 21.9. The number of halogens is 1. The van der Waals surface area contributed by atoms with Crippen LogP contribution in [0.15, 0.2) is 42.9 Å². The van der Waals surface area contributed by atoms with Gasteiger partial charge in [-0.25, -0.2) is 29.1 Å². The van der Waals surface area contributed by atoms with Crippen LogP contribution in [0.3, 0.4) is 0 Å². The fourth-order valence-corrected chi connectivity index (χ4v) is 4.84. The van der Waals surface area contributed by atoms with Gasteiger partial charge in [-0.2, -0.15) is 0 Å². The number of rotatable bonds is 7. The maximum absolute atomic E-state index is 15.0. The Hall–Kier alpha value is -4.45. The molecule has 1 amide bonds. The topological polar surface area (TPSA) is 124 Å². The summed E-state index contributed by atoms with van der Waals surface area (Å²) in [5.74, 6) is 0.731. The van der Waals surface area contributed by atoms with Gasteiger partial charge in [-0.15, -0.1) is 11.3 Å². The molecule has 0 radical (unpaired) electrons. The lowest BCUT2D eigenvalue weighted by atomic mass is 10.1. The van der Waals surface area contributed by atoms with E-state index in [1.807, 2.05) is 19.1 Å². The van der Waals surface area contributed by atoms with Gasteiger partial charge in [0.1, 0.15) is 28.9 Å². The molecule has 0 unspecified atom stereocenters. The number of carbonyl (C=O) groups excluding carboxylic acids is 1. The van der Waals surface area contributed by atoms with Gasteiger partial charge in [-0.3, -0.25) is 10.3 Å². The molecule has 12 heteroatoms. The van der Waals surface area contributed by atoms with Crippen LogP contribution in [0, 0.1) is 19.7 Å². The van der Waals surface area contributed by atoms with Crippen LogP contribution in [0.2, 0.25) is 0 Å². The van der Waals surface area contributed by atoms with Gasteiger partial charge in [0.05, 0.1) is 45.5 Å². The Labute approximate surface area is 227 Å². The summed E-state index contributed by atoms with van der Waals surface area (Å²) < 4.78 is 27.0. The van der Waals surface area contributed by atoms with Crippen molar-refractivity contribution in [1.29, 1.82) is 0 Å². The van der Waals surface area contributed by atoms with Gasteiger partial charge in [-0.05, 0) is 45.4 Å². The van der Waals surface area contributed by atoms with Crippen molar-refractivity contribution in [1.82, 2.24) is 24.9 Å². The van der Waals surface area contributed by atoms with Crippen LogP contribution in [0.4, 0.5) is 20.7 Å². The fourth-order valence-electron chi connectivity index (χ4n) is 3.85. The van der Waals surface area contributed by atoms with Gasteiger partial charge in [0.25, 0.3) is 0 Å². The number of benzene rings is 2. The molecule has 200 valence electrons. The normalized spacial score (nSPS) is 12.8. The minimum atomic E-state index is -0.691. The zero-order chi connectivity index (χ0) is 27.7. The molecule has 2 N–H and O–H groups in total. The summed E-state index contributed by atoms with van der Waals surface area (Å²) in [6, 6.07) is 6.92. The van der Waals surface area contributed by atoms with Crippen LogP contribution in [0.5, 0.6) is 5.75 Å². The van der Waals surface area contributed by atoms with Crippen LogP contribution < -0.4 is 15.4 Å². The molecular formula is C27H26FN7O3S. The number of aryl methyl sites for hydroxylation is 2. The maximum Gasteiger partial charge on any atom is 0.412 e. The average molecular weight is 548 g/mol. The summed E-state index contributed by atoms with van der Waals surface area (Å²) in [7, 11) is 1.79. The van der Waals surface area contributed by atoms with Crippen molar-refractivity contribution in [2.75, 3.05) is 17.7 Å². The molecule has 0 saturated heterocycles. The summed E-state index contributed by atoms with van der Waals surface area (Å²) in [5, 5.41) is 6.26. The number of hydrogen-bond acceptors (Lipinski definition) is 10. The third-order valence-corrected chi connectivity index (χ3v) is 7.07. The fraction of sp³-hybridized carbons (Fsp3) is 0.259. The third kappa shape index (κ3) is 5.70. The van der Waals surface area contributed by atoms with Crippen LogP contribution in [-0.2, 0) is 4.74 Å². The first-order chi connectivity index (χ1) is 18.7. The molecule has 0 aliphatic rings. The smallest absolute Gasteiger partial charge is 0.412 e. The summed E-state index contributed by atoms with van der Waals surface area (Å²) in [4.78, 5) is 34.1. The SMILES string of the molecule is CNc1cnc2c(-c3nc4cc(F)c(O[C@@H](C)[C@@H](C)OC(=O)Nc5cnc(C)nc5)cc4s3)cc(C)cc2n1. The van der Waals surface area contributed by atoms with Gasteiger partial charge in [0.2, 0.25) is 0 Å². The van der Waals surface area contributed by atoms with Gasteiger partial charge >= 0.3 is 6.09 Å². The number of anilines is 2. The lowest BCUT2D eigenvalue weighted by Gasteiger charge is -2.22. The highest BCUT2D eigenvalue weighted by Gasteiger charge is 2.22. The van der Waals surface area contributed by atoms with E-state index in [0.717, 1.165) is 21.3 Å². The predicted molar refractivity (Wildman–Crippen MR) is 149 cm³/mol. The summed E-state index contributed by atoms with van der Waals surface area (Å²) in [5.41, 5.74) is 4.20. The van der Waals surface area contributed by atoms with Crippen LogP contribution in [0.1, 0.15) is 25.2 Å². The van der Waals surface area contributed by atoms with Gasteiger partial charge in [0.15, 0.2) is 11.6 Å². The lowest BCUT2D eigenvalue weighted by Crippen LogP contribution is -2.32. The first kappa shape index (κ1) is 26.2. The first-order valence-corrected chi connectivity index (χ1v) is 13.0. The Kier molecular flexibility index (Phi) is 7.20. The molecular weight excluding hydrogens is 521 g/mol. The Bertz CT molecular complexity index is 1680. The molecule has 2 atom stereocenters. The highest BCUT2D eigenvalue weighted by molar-refractivity contribution is 7.21. The number of nitrogens with zero attached hydrogens (tertiary/aromatic N) is 5. The molecule has 0 saturated carbocycles. The van der Waals surface area contributed by atoms with Crippen LogP contribution >= 0.6 is 11.3 Å². The van der Waals surface area contributed by atoms with Crippen molar-refractivity contribution < 1.29 is 18.7 Å². The van der Waals surface area contributed by atoms with E-state index in [9.17, 15) is 4.79 Å². The van der Waals surface area contributed by atoms with Crippen molar-refractivity contribution in [3.05, 3.63) is 60.1 Å². The molecule has 0 bridgehead atoms. The second kappa shape index (κ2) is 10.7. The number of amides is 1. The quantitative estimate of drug-likeness (QED) is 0.256. The molecule has 0 spiro atoms. The van der Waals surface area contributed by atoms with Gasteiger partial charge in [0, 0.05) is 24.7 Å². The number of aromatic nitrogens is 5. The Balaban J connectivity index is 1.34. The number of hydrogen-bond donors (Lipinski definition) is 2. The Morgan fingerprint density at radius 3 is 2.49 bits per heavy atom. The maximum atomic E-state index is 15.0. The van der Waals surface area contributed by atoms with E-state index in [0.29, 0.717) is 33.4 Å². The largest absolute Gasteiger partial charge is 0.484 e. The summed E-state index contributed by atoms with van der Waals surface area (Å²) in [6.45, 7) is 7.09. The predicted octanol–water partition coefficient (Wildman–Crippen LogP) is 5.90. The number of nitrogens with one attached hydrogen (secondary N) is 2. The third-order valence-electron chi connectivity index (χ3n) is 6.01. The highest BCUT2D eigenvalue weighted by Crippen LogP contribution is 2.37. The van der Waals surface area contributed by atoms with E-state index < -0.39 is 24.1 Å². The molecule has 5 rings (SSSR count). The average Bonchev–Trinajstić information content (AvgIpc) is 3.31. The van der Waals surface area contributed by atoms with Crippen molar-refractivity contribution in [3.8, 4) is 16.3 Å². The van der Waals surface area contributed by atoms with Crippen molar-refractivity contribution in [2.45, 2.75) is 39.9 Å².